The second-order valence-corrected chi connectivity index (χ2v) is 5.75. The van der Waals surface area contributed by atoms with Crippen LogP contribution in [0.3, 0.4) is 0 Å². The Morgan fingerprint density at radius 1 is 0.462 bits per heavy atom. The molecule has 3 aromatic carbocycles. The van der Waals surface area contributed by atoms with Gasteiger partial charge >= 0.3 is 0 Å². The summed E-state index contributed by atoms with van der Waals surface area (Å²) in [5.41, 5.74) is 3.61. The van der Waals surface area contributed by atoms with E-state index >= 15 is 0 Å². The lowest BCUT2D eigenvalue weighted by atomic mass is 9.37. The average molecular weight is 349 g/mol. The lowest BCUT2D eigenvalue weighted by Crippen LogP contribution is -2.51. The largest absolute Gasteiger partial charge is 0.497 e. The van der Waals surface area contributed by atoms with Crippen molar-refractivity contribution in [2.45, 2.75) is 0 Å². The monoisotopic (exact) mass is 349 g/mol. The van der Waals surface area contributed by atoms with Gasteiger partial charge in [0.2, 0.25) is 6.71 Å². The van der Waals surface area contributed by atoms with E-state index in [4.69, 9.17) is 14.2 Å². The van der Waals surface area contributed by atoms with Gasteiger partial charge in [-0.2, -0.15) is 0 Å². The smallest absolute Gasteiger partial charge is 0.241 e. The van der Waals surface area contributed by atoms with E-state index in [1.807, 2.05) is 36.4 Å². The van der Waals surface area contributed by atoms with Crippen LogP contribution in [0.1, 0.15) is 0 Å². The number of hydrogen-bond acceptors (Lipinski definition) is 4. The summed E-state index contributed by atoms with van der Waals surface area (Å²) in [5.74, 6) is 2.56. The van der Waals surface area contributed by atoms with Gasteiger partial charge in [0.15, 0.2) is 0 Å². The van der Waals surface area contributed by atoms with Gasteiger partial charge in [0.1, 0.15) is 17.2 Å². The highest BCUT2D eigenvalue weighted by atomic mass is 16.5. The van der Waals surface area contributed by atoms with E-state index in [-0.39, 0.29) is 12.9 Å². The van der Waals surface area contributed by atoms with Gasteiger partial charge in [-0.3, -0.25) is 0 Å². The van der Waals surface area contributed by atoms with Crippen LogP contribution in [0.5, 0.6) is 17.2 Å². The third-order valence-electron chi connectivity index (χ3n) is 4.35. The summed E-state index contributed by atoms with van der Waals surface area (Å²) in [6, 6.07) is 24.6. The van der Waals surface area contributed by atoms with Crippen molar-refractivity contribution in [2.24, 2.45) is 0 Å². The highest BCUT2D eigenvalue weighted by Crippen LogP contribution is 2.11. The minimum absolute atomic E-state index is 0. The molecule has 0 saturated carbocycles. The number of benzene rings is 3. The Labute approximate surface area is 155 Å². The van der Waals surface area contributed by atoms with E-state index in [0.717, 1.165) is 17.2 Å². The van der Waals surface area contributed by atoms with Gasteiger partial charge in [-0.05, 0) is 36.4 Å². The summed E-state index contributed by atoms with van der Waals surface area (Å²) in [4.78, 5) is 0. The topological polar surface area (TPSA) is 62.7 Å². The Balaban J connectivity index is 0.00000243. The van der Waals surface area contributed by atoms with Crippen LogP contribution in [0.2, 0.25) is 0 Å². The maximum atomic E-state index is 5.29. The molecule has 0 radical (unpaired) electrons. The zero-order valence-corrected chi connectivity index (χ0v) is 15.4. The van der Waals surface area contributed by atoms with E-state index in [1.165, 1.54) is 16.4 Å². The quantitative estimate of drug-likeness (QED) is 0.694. The zero-order valence-electron chi connectivity index (χ0n) is 15.4. The van der Waals surface area contributed by atoms with E-state index < -0.39 is 0 Å². The third kappa shape index (κ3) is 4.18. The van der Waals surface area contributed by atoms with Crippen molar-refractivity contribution in [3.05, 3.63) is 72.8 Å². The maximum absolute atomic E-state index is 5.29. The minimum atomic E-state index is 0. The fraction of sp³-hybridized carbons (Fsp3) is 0.143. The normalized spacial score (nSPS) is 9.81. The molecule has 0 unspecified atom stereocenters. The van der Waals surface area contributed by atoms with Crippen molar-refractivity contribution >= 4 is 23.1 Å². The molecule has 4 nitrogen and oxygen atoms in total. The number of rotatable bonds is 6. The van der Waals surface area contributed by atoms with Crippen molar-refractivity contribution in [3.63, 3.8) is 0 Å². The minimum Gasteiger partial charge on any atom is -0.497 e. The van der Waals surface area contributed by atoms with Gasteiger partial charge in [0.05, 0.1) is 21.3 Å². The SMILES string of the molecule is COc1ccc(B(c2ccc(OC)cc2)c2ccc(OC)cc2)cc1.N. The molecule has 26 heavy (non-hydrogen) atoms. The summed E-state index contributed by atoms with van der Waals surface area (Å²) >= 11 is 0. The molecule has 3 N–H and O–H groups in total. The second-order valence-electron chi connectivity index (χ2n) is 5.75. The van der Waals surface area contributed by atoms with E-state index in [2.05, 4.69) is 36.4 Å². The lowest BCUT2D eigenvalue weighted by molar-refractivity contribution is 0.415. The fourth-order valence-electron chi connectivity index (χ4n) is 2.97. The van der Waals surface area contributed by atoms with Crippen molar-refractivity contribution in [2.75, 3.05) is 21.3 Å². The first-order valence-corrected chi connectivity index (χ1v) is 8.17. The first-order chi connectivity index (χ1) is 12.2. The highest BCUT2D eigenvalue weighted by Gasteiger charge is 2.21. The molecule has 0 bridgehead atoms. The summed E-state index contributed by atoms with van der Waals surface area (Å²) in [6.45, 7) is 0.128. The van der Waals surface area contributed by atoms with Crippen LogP contribution in [-0.2, 0) is 0 Å². The van der Waals surface area contributed by atoms with Gasteiger partial charge < -0.3 is 20.4 Å². The standard InChI is InChI=1S/C21H21BO3.H3N/c1-23-19-10-4-16(5-11-19)22(17-6-12-20(24-2)13-7-17)18-8-14-21(25-3)15-9-18;/h4-15H,1-3H3;1H3. The zero-order chi connectivity index (χ0) is 17.6. The van der Waals surface area contributed by atoms with E-state index in [9.17, 15) is 0 Å². The predicted molar refractivity (Wildman–Crippen MR) is 109 cm³/mol. The Morgan fingerprint density at radius 2 is 0.692 bits per heavy atom. The fourth-order valence-corrected chi connectivity index (χ4v) is 2.97. The molecule has 0 atom stereocenters. The van der Waals surface area contributed by atoms with Crippen LogP contribution in [-0.4, -0.2) is 28.0 Å². The highest BCUT2D eigenvalue weighted by molar-refractivity contribution is 6.95. The molecule has 0 aliphatic heterocycles. The number of hydrogen-bond donors (Lipinski definition) is 1. The van der Waals surface area contributed by atoms with E-state index in [0.29, 0.717) is 0 Å². The molecular weight excluding hydrogens is 325 g/mol. The van der Waals surface area contributed by atoms with Crippen molar-refractivity contribution < 1.29 is 14.2 Å². The van der Waals surface area contributed by atoms with Crippen LogP contribution < -0.4 is 36.7 Å². The van der Waals surface area contributed by atoms with Gasteiger partial charge in [-0.1, -0.05) is 52.8 Å². The molecule has 0 spiro atoms. The number of methoxy groups -OCH3 is 3. The molecule has 0 aliphatic carbocycles. The van der Waals surface area contributed by atoms with Gasteiger partial charge in [0.25, 0.3) is 0 Å². The van der Waals surface area contributed by atoms with Crippen LogP contribution in [0.4, 0.5) is 0 Å². The molecule has 0 amide bonds. The molecule has 3 aromatic rings. The third-order valence-corrected chi connectivity index (χ3v) is 4.35. The lowest BCUT2D eigenvalue weighted by Gasteiger charge is -2.17. The van der Waals surface area contributed by atoms with Crippen LogP contribution in [0.15, 0.2) is 72.8 Å². The van der Waals surface area contributed by atoms with Gasteiger partial charge in [-0.15, -0.1) is 0 Å². The van der Waals surface area contributed by atoms with Gasteiger partial charge in [0, 0.05) is 0 Å². The summed E-state index contributed by atoms with van der Waals surface area (Å²) in [7, 11) is 5.04. The first-order valence-electron chi connectivity index (χ1n) is 8.17. The Kier molecular flexibility index (Phi) is 6.70. The Bertz CT molecular complexity index is 689. The summed E-state index contributed by atoms with van der Waals surface area (Å²) < 4.78 is 15.9. The molecule has 3 rings (SSSR count). The van der Waals surface area contributed by atoms with Crippen LogP contribution >= 0.6 is 0 Å². The van der Waals surface area contributed by atoms with Crippen molar-refractivity contribution in [3.8, 4) is 17.2 Å². The molecule has 0 aliphatic rings. The predicted octanol–water partition coefficient (Wildman–Crippen LogP) is 2.39. The van der Waals surface area contributed by atoms with Crippen molar-refractivity contribution in [1.82, 2.24) is 6.15 Å². The molecule has 0 saturated heterocycles. The molecule has 134 valence electrons. The molecule has 0 fully saturated rings. The number of ether oxygens (including phenoxy) is 3. The molecule has 0 aromatic heterocycles. The second kappa shape index (κ2) is 8.97. The molecular formula is C21H24BNO3. The molecule has 0 heterocycles. The summed E-state index contributed by atoms with van der Waals surface area (Å²) in [5, 5.41) is 0. The average Bonchev–Trinajstić information content (AvgIpc) is 2.70. The first kappa shape index (κ1) is 19.4. The van der Waals surface area contributed by atoms with Crippen molar-refractivity contribution in [1.29, 1.82) is 0 Å². The van der Waals surface area contributed by atoms with Crippen LogP contribution in [0, 0.1) is 0 Å². The summed E-state index contributed by atoms with van der Waals surface area (Å²) in [6.07, 6.45) is 0. The van der Waals surface area contributed by atoms with Gasteiger partial charge in [-0.25, -0.2) is 0 Å². The Hall–Kier alpha value is -2.92. The van der Waals surface area contributed by atoms with Crippen LogP contribution in [0.25, 0.3) is 0 Å². The van der Waals surface area contributed by atoms with E-state index in [1.54, 1.807) is 21.3 Å². The maximum Gasteiger partial charge on any atom is 0.241 e. The Morgan fingerprint density at radius 3 is 0.885 bits per heavy atom. The molecule has 5 heteroatoms.